The second kappa shape index (κ2) is 9.52. The molecular weight excluding hydrogens is 462 g/mol. The van der Waals surface area contributed by atoms with Crippen molar-refractivity contribution < 1.29 is 33.3 Å². The fourth-order valence-electron chi connectivity index (χ4n) is 3.94. The summed E-state index contributed by atoms with van der Waals surface area (Å²) in [5.74, 6) is -0.579. The molecule has 1 saturated heterocycles. The van der Waals surface area contributed by atoms with Crippen LogP contribution in [0, 0.1) is 0 Å². The van der Waals surface area contributed by atoms with Gasteiger partial charge in [-0.05, 0) is 35.9 Å². The topological polar surface area (TPSA) is 98.4 Å². The first-order valence-electron chi connectivity index (χ1n) is 10.3. The number of nitrogens with zero attached hydrogens (tertiary/aromatic N) is 1. The van der Waals surface area contributed by atoms with Crippen molar-refractivity contribution in [2.24, 2.45) is 0 Å². The van der Waals surface area contributed by atoms with E-state index in [1.165, 1.54) is 37.5 Å². The molecule has 0 radical (unpaired) electrons. The summed E-state index contributed by atoms with van der Waals surface area (Å²) in [6.07, 6.45) is 1.44. The Bertz CT molecular complexity index is 1270. The van der Waals surface area contributed by atoms with E-state index in [9.17, 15) is 14.7 Å². The highest BCUT2D eigenvalue weighted by Crippen LogP contribution is 2.43. The Morgan fingerprint density at radius 1 is 1.03 bits per heavy atom. The highest BCUT2D eigenvalue weighted by atomic mass is 35.5. The molecule has 1 aliphatic rings. The Labute approximate surface area is 200 Å². The van der Waals surface area contributed by atoms with E-state index < -0.39 is 23.5 Å². The first-order chi connectivity index (χ1) is 16.4. The van der Waals surface area contributed by atoms with Gasteiger partial charge < -0.3 is 28.6 Å². The van der Waals surface area contributed by atoms with Gasteiger partial charge in [-0.1, -0.05) is 23.7 Å². The number of ketones is 1. The van der Waals surface area contributed by atoms with E-state index in [1.54, 1.807) is 37.4 Å². The van der Waals surface area contributed by atoms with E-state index in [0.717, 1.165) is 5.56 Å². The van der Waals surface area contributed by atoms with Crippen LogP contribution in [0.5, 0.6) is 17.2 Å². The Balaban J connectivity index is 1.86. The minimum atomic E-state index is -0.966. The zero-order valence-electron chi connectivity index (χ0n) is 18.7. The van der Waals surface area contributed by atoms with Gasteiger partial charge in [-0.2, -0.15) is 0 Å². The van der Waals surface area contributed by atoms with E-state index in [2.05, 4.69) is 0 Å². The van der Waals surface area contributed by atoms with Crippen LogP contribution in [0.2, 0.25) is 5.02 Å². The van der Waals surface area contributed by atoms with E-state index in [1.807, 2.05) is 6.07 Å². The molecule has 1 aromatic heterocycles. The third kappa shape index (κ3) is 4.08. The summed E-state index contributed by atoms with van der Waals surface area (Å²) in [6, 6.07) is 12.4. The fourth-order valence-corrected chi connectivity index (χ4v) is 4.18. The van der Waals surface area contributed by atoms with Gasteiger partial charge in [0.15, 0.2) is 0 Å². The minimum absolute atomic E-state index is 0.0877. The highest BCUT2D eigenvalue weighted by Gasteiger charge is 2.47. The van der Waals surface area contributed by atoms with Gasteiger partial charge in [0.2, 0.25) is 0 Å². The molecule has 9 heteroatoms. The molecule has 0 saturated carbocycles. The van der Waals surface area contributed by atoms with Crippen LogP contribution in [-0.2, 0) is 16.1 Å². The number of methoxy groups -OCH3 is 3. The number of ether oxygens (including phenoxy) is 3. The molecule has 2 heterocycles. The molecule has 1 amide bonds. The van der Waals surface area contributed by atoms with Gasteiger partial charge in [-0.25, -0.2) is 0 Å². The average molecular weight is 484 g/mol. The smallest absolute Gasteiger partial charge is 0.296 e. The normalized spacial score (nSPS) is 17.2. The first-order valence-corrected chi connectivity index (χ1v) is 10.6. The summed E-state index contributed by atoms with van der Waals surface area (Å²) in [6.45, 7) is 0.0877. The van der Waals surface area contributed by atoms with Gasteiger partial charge in [-0.3, -0.25) is 9.59 Å². The highest BCUT2D eigenvalue weighted by molar-refractivity contribution is 6.46. The van der Waals surface area contributed by atoms with Gasteiger partial charge >= 0.3 is 0 Å². The number of carbonyl (C=O) groups is 2. The summed E-state index contributed by atoms with van der Waals surface area (Å²) in [4.78, 5) is 27.6. The van der Waals surface area contributed by atoms with E-state index in [4.69, 9.17) is 30.2 Å². The lowest BCUT2D eigenvalue weighted by Gasteiger charge is -2.23. The number of hydrogen-bond donors (Lipinski definition) is 1. The molecular formula is C25H22ClNO7. The van der Waals surface area contributed by atoms with Crippen LogP contribution < -0.4 is 14.2 Å². The third-order valence-electron chi connectivity index (χ3n) is 5.57. The fraction of sp³-hybridized carbons (Fsp3) is 0.200. The third-order valence-corrected chi connectivity index (χ3v) is 5.86. The molecule has 2 aromatic carbocycles. The predicted octanol–water partition coefficient (Wildman–Crippen LogP) is 4.58. The molecule has 1 fully saturated rings. The van der Waals surface area contributed by atoms with Crippen molar-refractivity contribution in [2.75, 3.05) is 21.3 Å². The summed E-state index contributed by atoms with van der Waals surface area (Å²) in [5, 5.41) is 11.5. The summed E-state index contributed by atoms with van der Waals surface area (Å²) in [5.41, 5.74) is 0.745. The molecule has 1 N–H and O–H groups in total. The number of hydrogen-bond acceptors (Lipinski definition) is 7. The number of halogens is 1. The summed E-state index contributed by atoms with van der Waals surface area (Å²) < 4.78 is 21.4. The Morgan fingerprint density at radius 3 is 2.44 bits per heavy atom. The molecule has 0 spiro atoms. The van der Waals surface area contributed by atoms with Crippen LogP contribution in [0.15, 0.2) is 64.8 Å². The number of carbonyl (C=O) groups excluding carboxylic acids is 2. The number of aliphatic hydroxyl groups excluding tert-OH is 1. The van der Waals surface area contributed by atoms with Crippen LogP contribution in [0.4, 0.5) is 0 Å². The largest absolute Gasteiger partial charge is 0.507 e. The average Bonchev–Trinajstić information content (AvgIpc) is 3.46. The van der Waals surface area contributed by atoms with Crippen molar-refractivity contribution in [1.29, 1.82) is 0 Å². The van der Waals surface area contributed by atoms with Crippen LogP contribution in [0.1, 0.15) is 22.9 Å². The van der Waals surface area contributed by atoms with Crippen molar-refractivity contribution in [2.45, 2.75) is 12.6 Å². The van der Waals surface area contributed by atoms with Crippen molar-refractivity contribution >= 4 is 29.1 Å². The van der Waals surface area contributed by atoms with Crippen molar-refractivity contribution in [3.63, 3.8) is 0 Å². The molecule has 1 unspecified atom stereocenters. The maximum absolute atomic E-state index is 13.2. The lowest BCUT2D eigenvalue weighted by molar-refractivity contribution is -0.140. The summed E-state index contributed by atoms with van der Waals surface area (Å²) in [7, 11) is 4.40. The number of furan rings is 1. The van der Waals surface area contributed by atoms with Gasteiger partial charge in [0.25, 0.3) is 11.7 Å². The monoisotopic (exact) mass is 483 g/mol. The van der Waals surface area contributed by atoms with Crippen molar-refractivity contribution in [1.82, 2.24) is 4.90 Å². The zero-order valence-corrected chi connectivity index (χ0v) is 19.5. The number of benzene rings is 2. The standard InChI is InChI=1S/C25H22ClNO7/c1-31-15-7-4-6-14(10-15)13-27-22(18-8-5-9-34-18)21(24(29)25(27)30)23(28)16-11-17(26)20(33-3)12-19(16)32-2/h4-12,22,28H,13H2,1-3H3/b23-21-. The van der Waals surface area contributed by atoms with E-state index in [-0.39, 0.29) is 28.5 Å². The first kappa shape index (κ1) is 23.3. The van der Waals surface area contributed by atoms with Crippen LogP contribution in [-0.4, -0.2) is 43.0 Å². The second-order valence-electron chi connectivity index (χ2n) is 7.48. The lowest BCUT2D eigenvalue weighted by Crippen LogP contribution is -2.29. The number of aliphatic hydroxyl groups is 1. The van der Waals surface area contributed by atoms with Crippen molar-refractivity contribution in [3.8, 4) is 17.2 Å². The Morgan fingerprint density at radius 2 is 1.79 bits per heavy atom. The molecule has 176 valence electrons. The molecule has 0 bridgehead atoms. The van der Waals surface area contributed by atoms with Gasteiger partial charge in [0.05, 0.1) is 43.8 Å². The van der Waals surface area contributed by atoms with E-state index >= 15 is 0 Å². The minimum Gasteiger partial charge on any atom is -0.507 e. The van der Waals surface area contributed by atoms with Gasteiger partial charge in [0.1, 0.15) is 34.8 Å². The molecule has 8 nitrogen and oxygen atoms in total. The molecule has 3 aromatic rings. The summed E-state index contributed by atoms with van der Waals surface area (Å²) >= 11 is 6.27. The van der Waals surface area contributed by atoms with Crippen LogP contribution >= 0.6 is 11.6 Å². The quantitative estimate of drug-likeness (QED) is 0.298. The Hall–Kier alpha value is -3.91. The van der Waals surface area contributed by atoms with Crippen LogP contribution in [0.25, 0.3) is 5.76 Å². The Kier molecular flexibility index (Phi) is 6.51. The van der Waals surface area contributed by atoms with E-state index in [0.29, 0.717) is 17.3 Å². The number of rotatable bonds is 7. The number of amides is 1. The molecule has 4 rings (SSSR count). The molecule has 34 heavy (non-hydrogen) atoms. The van der Waals surface area contributed by atoms with Gasteiger partial charge in [-0.15, -0.1) is 0 Å². The molecule has 1 aliphatic heterocycles. The maximum atomic E-state index is 13.2. The SMILES string of the molecule is COc1cccc(CN2C(=O)C(=O)/C(=C(\O)c3cc(Cl)c(OC)cc3OC)C2c2ccco2)c1. The second-order valence-corrected chi connectivity index (χ2v) is 7.89. The number of Topliss-reactive ketones (excluding diaryl/α,β-unsaturated/α-hetero) is 1. The predicted molar refractivity (Wildman–Crippen MR) is 124 cm³/mol. The maximum Gasteiger partial charge on any atom is 0.296 e. The molecule has 1 atom stereocenters. The lowest BCUT2D eigenvalue weighted by atomic mass is 9.98. The number of likely N-dealkylation sites (tertiary alicyclic amines) is 1. The zero-order chi connectivity index (χ0) is 24.4. The van der Waals surface area contributed by atoms with Gasteiger partial charge in [0, 0.05) is 12.6 Å². The van der Waals surface area contributed by atoms with Crippen molar-refractivity contribution in [3.05, 3.63) is 82.3 Å². The van der Waals surface area contributed by atoms with Crippen LogP contribution in [0.3, 0.4) is 0 Å². The molecule has 0 aliphatic carbocycles.